The van der Waals surface area contributed by atoms with Crippen molar-refractivity contribution >= 4 is 23.2 Å². The monoisotopic (exact) mass is 423 g/mol. The molecule has 0 aromatic heterocycles. The average Bonchev–Trinajstić information content (AvgIpc) is 2.69. The lowest BCUT2D eigenvalue weighted by atomic mass is 10.1. The van der Waals surface area contributed by atoms with E-state index in [-0.39, 0.29) is 0 Å². The molecule has 2 rings (SSSR count). The van der Waals surface area contributed by atoms with E-state index >= 15 is 0 Å². The van der Waals surface area contributed by atoms with E-state index in [0.29, 0.717) is 16.7 Å². The third-order valence-electron chi connectivity index (χ3n) is 4.69. The Morgan fingerprint density at radius 1 is 0.929 bits per heavy atom. The van der Waals surface area contributed by atoms with Crippen LogP contribution in [0, 0.1) is 0 Å². The van der Waals surface area contributed by atoms with Crippen LogP contribution in [0.25, 0.3) is 0 Å². The Morgan fingerprint density at radius 2 is 1.71 bits per heavy atom. The second-order valence-corrected chi connectivity index (χ2v) is 7.76. The Balaban J connectivity index is 1.90. The molecule has 0 amide bonds. The van der Waals surface area contributed by atoms with Crippen LogP contribution in [0.1, 0.15) is 56.6 Å². The number of nitrogens with one attached hydrogen (secondary N) is 1. The minimum atomic E-state index is 0.362. The first kappa shape index (κ1) is 22.9. The maximum Gasteiger partial charge on any atom is 0.166 e. The molecule has 2 aromatic rings. The van der Waals surface area contributed by atoms with Crippen LogP contribution in [0.4, 0.5) is 0 Å². The zero-order valence-electron chi connectivity index (χ0n) is 16.9. The van der Waals surface area contributed by atoms with Gasteiger partial charge in [-0.05, 0) is 31.2 Å². The molecule has 0 atom stereocenters. The summed E-state index contributed by atoms with van der Waals surface area (Å²) in [6.45, 7) is 4.36. The van der Waals surface area contributed by atoms with Crippen molar-refractivity contribution in [2.75, 3.05) is 13.7 Å². The number of rotatable bonds is 13. The van der Waals surface area contributed by atoms with Crippen LogP contribution in [0.15, 0.2) is 36.4 Å². The van der Waals surface area contributed by atoms with E-state index in [1.807, 2.05) is 24.3 Å². The molecular formula is C23H31Cl2NO2. The lowest BCUT2D eigenvalue weighted by Gasteiger charge is -2.16. The summed E-state index contributed by atoms with van der Waals surface area (Å²) in [4.78, 5) is 0. The van der Waals surface area contributed by atoms with E-state index in [0.717, 1.165) is 35.7 Å². The van der Waals surface area contributed by atoms with E-state index < -0.39 is 0 Å². The molecular weight excluding hydrogens is 393 g/mol. The maximum atomic E-state index is 6.26. The minimum Gasteiger partial charge on any atom is -0.493 e. The molecule has 0 heterocycles. The largest absolute Gasteiger partial charge is 0.493 e. The van der Waals surface area contributed by atoms with Gasteiger partial charge in [0, 0.05) is 27.7 Å². The van der Waals surface area contributed by atoms with Gasteiger partial charge in [0.15, 0.2) is 11.5 Å². The summed E-state index contributed by atoms with van der Waals surface area (Å²) in [5.74, 6) is 1.48. The number of ether oxygens (including phenoxy) is 2. The van der Waals surface area contributed by atoms with E-state index in [1.165, 1.54) is 38.5 Å². The molecule has 0 bridgehead atoms. The lowest BCUT2D eigenvalue weighted by molar-refractivity contribution is 0.280. The van der Waals surface area contributed by atoms with Crippen molar-refractivity contribution in [3.05, 3.63) is 57.6 Å². The number of methoxy groups -OCH3 is 1. The minimum absolute atomic E-state index is 0.362. The first-order valence-electron chi connectivity index (χ1n) is 10.1. The quantitative estimate of drug-likeness (QED) is 0.350. The number of para-hydroxylation sites is 1. The fraction of sp³-hybridized carbons (Fsp3) is 0.478. The van der Waals surface area contributed by atoms with Crippen LogP contribution in [0.5, 0.6) is 11.5 Å². The summed E-state index contributed by atoms with van der Waals surface area (Å²) < 4.78 is 11.6. The summed E-state index contributed by atoms with van der Waals surface area (Å²) >= 11 is 12.2. The molecule has 28 heavy (non-hydrogen) atoms. The highest BCUT2D eigenvalue weighted by Gasteiger charge is 2.12. The Labute approximate surface area is 179 Å². The fourth-order valence-corrected chi connectivity index (χ4v) is 3.53. The molecule has 0 radical (unpaired) electrons. The van der Waals surface area contributed by atoms with E-state index in [1.54, 1.807) is 13.2 Å². The molecule has 0 saturated heterocycles. The van der Waals surface area contributed by atoms with Crippen LogP contribution in [0.3, 0.4) is 0 Å². The number of halogens is 2. The zero-order valence-corrected chi connectivity index (χ0v) is 18.4. The molecule has 0 unspecified atom stereocenters. The molecule has 0 fully saturated rings. The van der Waals surface area contributed by atoms with Crippen molar-refractivity contribution in [3.8, 4) is 11.5 Å². The molecule has 0 spiro atoms. The number of benzene rings is 2. The predicted octanol–water partition coefficient (Wildman–Crippen LogP) is 7.03. The van der Waals surface area contributed by atoms with Crippen LogP contribution in [-0.4, -0.2) is 13.7 Å². The van der Waals surface area contributed by atoms with E-state index in [2.05, 4.69) is 18.3 Å². The summed E-state index contributed by atoms with van der Waals surface area (Å²) in [6.07, 6.45) is 7.78. The van der Waals surface area contributed by atoms with Gasteiger partial charge in [-0.25, -0.2) is 0 Å². The molecule has 3 nitrogen and oxygen atoms in total. The van der Waals surface area contributed by atoms with Crippen molar-refractivity contribution in [2.24, 2.45) is 0 Å². The Hall–Kier alpha value is -1.42. The zero-order chi connectivity index (χ0) is 20.2. The van der Waals surface area contributed by atoms with E-state index in [4.69, 9.17) is 32.7 Å². The third kappa shape index (κ3) is 7.54. The highest BCUT2D eigenvalue weighted by molar-refractivity contribution is 6.35. The lowest BCUT2D eigenvalue weighted by Crippen LogP contribution is -2.15. The first-order valence-corrected chi connectivity index (χ1v) is 10.8. The van der Waals surface area contributed by atoms with Crippen molar-refractivity contribution < 1.29 is 9.47 Å². The van der Waals surface area contributed by atoms with Gasteiger partial charge < -0.3 is 14.8 Å². The standard InChI is InChI=1S/C23H31Cl2NO2/c1-3-4-5-6-7-8-14-26-16-18-10-9-11-22(27-2)23(18)28-17-19-12-13-20(24)15-21(19)25/h9-13,15,26H,3-8,14,16-17H2,1-2H3. The third-order valence-corrected chi connectivity index (χ3v) is 5.28. The molecule has 154 valence electrons. The SMILES string of the molecule is CCCCCCCCNCc1cccc(OC)c1OCc1ccc(Cl)cc1Cl. The summed E-state index contributed by atoms with van der Waals surface area (Å²) in [5, 5.41) is 4.74. The smallest absolute Gasteiger partial charge is 0.166 e. The summed E-state index contributed by atoms with van der Waals surface area (Å²) in [7, 11) is 1.66. The van der Waals surface area contributed by atoms with Crippen LogP contribution in [0.2, 0.25) is 10.0 Å². The number of hydrogen-bond donors (Lipinski definition) is 1. The van der Waals surface area contributed by atoms with Gasteiger partial charge in [0.2, 0.25) is 0 Å². The van der Waals surface area contributed by atoms with Crippen LogP contribution < -0.4 is 14.8 Å². The van der Waals surface area contributed by atoms with Crippen molar-refractivity contribution in [1.29, 1.82) is 0 Å². The number of unbranched alkanes of at least 4 members (excludes halogenated alkanes) is 5. The fourth-order valence-electron chi connectivity index (χ4n) is 3.07. The number of hydrogen-bond acceptors (Lipinski definition) is 3. The second kappa shape index (κ2) is 12.9. The molecule has 2 aromatic carbocycles. The molecule has 0 aliphatic carbocycles. The van der Waals surface area contributed by atoms with Gasteiger partial charge in [0.1, 0.15) is 6.61 Å². The Kier molecular flexibility index (Phi) is 10.6. The predicted molar refractivity (Wildman–Crippen MR) is 119 cm³/mol. The van der Waals surface area contributed by atoms with Gasteiger partial charge in [0.05, 0.1) is 7.11 Å². The van der Waals surface area contributed by atoms with Gasteiger partial charge in [-0.1, -0.05) is 80.4 Å². The van der Waals surface area contributed by atoms with Crippen LogP contribution >= 0.6 is 23.2 Å². The normalized spacial score (nSPS) is 10.9. The van der Waals surface area contributed by atoms with E-state index in [9.17, 15) is 0 Å². The highest BCUT2D eigenvalue weighted by Crippen LogP contribution is 2.32. The average molecular weight is 424 g/mol. The van der Waals surface area contributed by atoms with Crippen molar-refractivity contribution in [2.45, 2.75) is 58.6 Å². The summed E-state index contributed by atoms with van der Waals surface area (Å²) in [6, 6.07) is 11.4. The Morgan fingerprint density at radius 3 is 2.46 bits per heavy atom. The summed E-state index contributed by atoms with van der Waals surface area (Å²) in [5.41, 5.74) is 1.97. The maximum absolute atomic E-state index is 6.26. The second-order valence-electron chi connectivity index (χ2n) is 6.92. The van der Waals surface area contributed by atoms with Gasteiger partial charge in [-0.15, -0.1) is 0 Å². The Bertz CT molecular complexity index is 722. The molecule has 1 N–H and O–H groups in total. The molecule has 5 heteroatoms. The first-order chi connectivity index (χ1) is 13.7. The highest BCUT2D eigenvalue weighted by atomic mass is 35.5. The molecule has 0 saturated carbocycles. The van der Waals surface area contributed by atoms with Gasteiger partial charge in [-0.3, -0.25) is 0 Å². The topological polar surface area (TPSA) is 30.5 Å². The van der Waals surface area contributed by atoms with Gasteiger partial charge in [0.25, 0.3) is 0 Å². The molecule has 0 aliphatic heterocycles. The van der Waals surface area contributed by atoms with Gasteiger partial charge in [-0.2, -0.15) is 0 Å². The molecule has 0 aliphatic rings. The van der Waals surface area contributed by atoms with Crippen LogP contribution in [-0.2, 0) is 13.2 Å². The van der Waals surface area contributed by atoms with Gasteiger partial charge >= 0.3 is 0 Å². The van der Waals surface area contributed by atoms with Crippen molar-refractivity contribution in [3.63, 3.8) is 0 Å². The van der Waals surface area contributed by atoms with Crippen molar-refractivity contribution in [1.82, 2.24) is 5.32 Å².